The first-order valence-corrected chi connectivity index (χ1v) is 8.29. The molecule has 0 saturated heterocycles. The first-order valence-electron chi connectivity index (χ1n) is 8.29. The molecule has 0 radical (unpaired) electrons. The Kier molecular flexibility index (Phi) is 5.71. The molecule has 0 aromatic heterocycles. The largest absolute Gasteiger partial charge is 0.294 e. The van der Waals surface area contributed by atoms with Gasteiger partial charge >= 0.3 is 0 Å². The molecule has 0 bridgehead atoms. The third-order valence-corrected chi connectivity index (χ3v) is 4.36. The summed E-state index contributed by atoms with van der Waals surface area (Å²) in [4.78, 5) is 12.6. The second kappa shape index (κ2) is 7.74. The summed E-state index contributed by atoms with van der Waals surface area (Å²) in [5, 5.41) is 9.11. The lowest BCUT2D eigenvalue weighted by Crippen LogP contribution is -2.09. The van der Waals surface area contributed by atoms with Gasteiger partial charge in [-0.1, -0.05) is 49.8 Å². The van der Waals surface area contributed by atoms with Crippen LogP contribution < -0.4 is 0 Å². The Morgan fingerprint density at radius 1 is 1.26 bits per heavy atom. The molecule has 118 valence electrons. The van der Waals surface area contributed by atoms with Crippen molar-refractivity contribution in [3.05, 3.63) is 70.3 Å². The number of benzene rings is 1. The Balaban J connectivity index is 0.000000924. The molecular weight excluding hydrogens is 282 g/mol. The van der Waals surface area contributed by atoms with E-state index in [-0.39, 0.29) is 11.7 Å². The number of carbonyl (C=O) groups excluding carboxylic acids is 1. The van der Waals surface area contributed by atoms with Crippen molar-refractivity contribution in [2.24, 2.45) is 5.92 Å². The Bertz CT molecular complexity index is 729. The number of Topliss-reactive ketones (excluding diaryl/α,β-unsaturated/α-hetero) is 1. The Hall–Kier alpha value is -2.40. The molecule has 1 aromatic carbocycles. The summed E-state index contributed by atoms with van der Waals surface area (Å²) in [6, 6.07) is 5.79. The first kappa shape index (κ1) is 17.0. The molecule has 1 unspecified atom stereocenters. The van der Waals surface area contributed by atoms with E-state index < -0.39 is 0 Å². The van der Waals surface area contributed by atoms with E-state index in [4.69, 9.17) is 5.26 Å². The third-order valence-electron chi connectivity index (χ3n) is 4.36. The van der Waals surface area contributed by atoms with Gasteiger partial charge in [0.15, 0.2) is 5.78 Å². The first-order chi connectivity index (χ1) is 11.2. The van der Waals surface area contributed by atoms with Gasteiger partial charge in [0.2, 0.25) is 0 Å². The maximum Gasteiger partial charge on any atom is 0.166 e. The second-order valence-electron chi connectivity index (χ2n) is 5.65. The second-order valence-corrected chi connectivity index (χ2v) is 5.65. The number of hydrogen-bond acceptors (Lipinski definition) is 2. The van der Waals surface area contributed by atoms with Gasteiger partial charge < -0.3 is 0 Å². The van der Waals surface area contributed by atoms with Gasteiger partial charge in [-0.15, -0.1) is 0 Å². The summed E-state index contributed by atoms with van der Waals surface area (Å²) in [5.74, 6) is 0.241. The van der Waals surface area contributed by atoms with Gasteiger partial charge in [0.05, 0.1) is 11.6 Å². The SMILES string of the molecule is CC.Cc1c(C#N)ccc2c1CC(CC1=CCC=CC=C1)C2=O. The summed E-state index contributed by atoms with van der Waals surface area (Å²) in [6.45, 7) is 5.95. The number of allylic oxidation sites excluding steroid dienone is 6. The lowest BCUT2D eigenvalue weighted by atomic mass is 9.94. The van der Waals surface area contributed by atoms with Crippen LogP contribution in [0.4, 0.5) is 0 Å². The molecule has 0 aliphatic heterocycles. The predicted octanol–water partition coefficient (Wildman–Crippen LogP) is 5.08. The van der Waals surface area contributed by atoms with Crippen molar-refractivity contribution >= 4 is 5.78 Å². The minimum atomic E-state index is 0.0154. The molecule has 1 atom stereocenters. The van der Waals surface area contributed by atoms with Crippen LogP contribution >= 0.6 is 0 Å². The molecule has 0 N–H and O–H groups in total. The molecule has 2 aliphatic rings. The van der Waals surface area contributed by atoms with Gasteiger partial charge in [-0.3, -0.25) is 4.79 Å². The summed E-state index contributed by atoms with van der Waals surface area (Å²) in [6.07, 6.45) is 12.9. The summed E-state index contributed by atoms with van der Waals surface area (Å²) in [5.41, 5.74) is 4.76. The van der Waals surface area contributed by atoms with E-state index in [9.17, 15) is 4.79 Å². The summed E-state index contributed by atoms with van der Waals surface area (Å²) in [7, 11) is 0. The highest BCUT2D eigenvalue weighted by molar-refractivity contribution is 6.03. The molecule has 23 heavy (non-hydrogen) atoms. The van der Waals surface area contributed by atoms with Crippen molar-refractivity contribution in [1.29, 1.82) is 5.26 Å². The monoisotopic (exact) mass is 305 g/mol. The third kappa shape index (κ3) is 3.51. The number of hydrogen-bond donors (Lipinski definition) is 0. The normalized spacial score (nSPS) is 18.4. The minimum Gasteiger partial charge on any atom is -0.294 e. The fraction of sp³-hybridized carbons (Fsp3) is 0.333. The number of carbonyl (C=O) groups is 1. The van der Waals surface area contributed by atoms with E-state index in [0.29, 0.717) is 5.56 Å². The van der Waals surface area contributed by atoms with E-state index in [0.717, 1.165) is 36.0 Å². The number of nitrogens with zero attached hydrogens (tertiary/aromatic N) is 1. The van der Waals surface area contributed by atoms with Crippen molar-refractivity contribution < 1.29 is 4.79 Å². The number of nitriles is 1. The molecule has 0 fully saturated rings. The lowest BCUT2D eigenvalue weighted by molar-refractivity contribution is 0.0936. The highest BCUT2D eigenvalue weighted by Crippen LogP contribution is 2.34. The molecule has 2 aliphatic carbocycles. The molecular formula is C21H23NO. The molecule has 0 spiro atoms. The highest BCUT2D eigenvalue weighted by atomic mass is 16.1. The van der Waals surface area contributed by atoms with Crippen LogP contribution in [-0.2, 0) is 6.42 Å². The van der Waals surface area contributed by atoms with Crippen LogP contribution in [0, 0.1) is 24.2 Å². The molecule has 0 saturated carbocycles. The van der Waals surface area contributed by atoms with Crippen molar-refractivity contribution in [1.82, 2.24) is 0 Å². The van der Waals surface area contributed by atoms with Crippen LogP contribution in [0.3, 0.4) is 0 Å². The Morgan fingerprint density at radius 3 is 2.78 bits per heavy atom. The van der Waals surface area contributed by atoms with Crippen LogP contribution in [0.1, 0.15) is 53.7 Å². The number of fused-ring (bicyclic) bond motifs is 1. The zero-order valence-corrected chi connectivity index (χ0v) is 14.1. The number of ketones is 1. The molecule has 0 amide bonds. The molecule has 2 nitrogen and oxygen atoms in total. The molecule has 0 heterocycles. The van der Waals surface area contributed by atoms with Gasteiger partial charge in [0.25, 0.3) is 0 Å². The van der Waals surface area contributed by atoms with Crippen molar-refractivity contribution in [2.45, 2.75) is 40.0 Å². The fourth-order valence-corrected chi connectivity index (χ4v) is 3.16. The highest BCUT2D eigenvalue weighted by Gasteiger charge is 2.32. The van der Waals surface area contributed by atoms with Crippen LogP contribution in [-0.4, -0.2) is 5.78 Å². The van der Waals surface area contributed by atoms with E-state index in [1.807, 2.05) is 39.0 Å². The van der Waals surface area contributed by atoms with Crippen LogP contribution in [0.25, 0.3) is 0 Å². The smallest absolute Gasteiger partial charge is 0.166 e. The quantitative estimate of drug-likeness (QED) is 0.764. The van der Waals surface area contributed by atoms with Crippen LogP contribution in [0.5, 0.6) is 0 Å². The average molecular weight is 305 g/mol. The zero-order valence-electron chi connectivity index (χ0n) is 14.1. The lowest BCUT2D eigenvalue weighted by Gasteiger charge is -2.08. The van der Waals surface area contributed by atoms with Gasteiger partial charge in [-0.25, -0.2) is 0 Å². The minimum absolute atomic E-state index is 0.0154. The zero-order chi connectivity index (χ0) is 16.8. The van der Waals surface area contributed by atoms with Gasteiger partial charge in [-0.2, -0.15) is 5.26 Å². The summed E-state index contributed by atoms with van der Waals surface area (Å²) < 4.78 is 0. The Morgan fingerprint density at radius 2 is 2.04 bits per heavy atom. The van der Waals surface area contributed by atoms with E-state index in [1.165, 1.54) is 5.57 Å². The fourth-order valence-electron chi connectivity index (χ4n) is 3.16. The summed E-state index contributed by atoms with van der Waals surface area (Å²) >= 11 is 0. The molecule has 2 heteroatoms. The van der Waals surface area contributed by atoms with Crippen LogP contribution in [0.15, 0.2) is 48.1 Å². The van der Waals surface area contributed by atoms with Crippen LogP contribution in [0.2, 0.25) is 0 Å². The Labute approximate surface area is 138 Å². The molecule has 1 aromatic rings. The molecule has 3 rings (SSSR count). The van der Waals surface area contributed by atoms with Crippen molar-refractivity contribution in [2.75, 3.05) is 0 Å². The van der Waals surface area contributed by atoms with Crippen molar-refractivity contribution in [3.8, 4) is 6.07 Å². The van der Waals surface area contributed by atoms with Gasteiger partial charge in [0, 0.05) is 11.5 Å². The van der Waals surface area contributed by atoms with Gasteiger partial charge in [-0.05, 0) is 49.4 Å². The predicted molar refractivity (Wildman–Crippen MR) is 94.4 cm³/mol. The maximum atomic E-state index is 12.6. The van der Waals surface area contributed by atoms with Gasteiger partial charge in [0.1, 0.15) is 0 Å². The topological polar surface area (TPSA) is 40.9 Å². The number of rotatable bonds is 2. The average Bonchev–Trinajstić information content (AvgIpc) is 2.76. The van der Waals surface area contributed by atoms with Crippen molar-refractivity contribution in [3.63, 3.8) is 0 Å². The maximum absolute atomic E-state index is 12.6. The standard InChI is InChI=1S/C19H17NO.C2H6/c1-13-15(12-20)8-9-17-18(13)11-16(19(17)21)10-14-6-4-2-3-5-7-14;1-2/h2-4,6-9,16H,5,10-11H2,1H3;1-2H3. The van der Waals surface area contributed by atoms with E-state index in [1.54, 1.807) is 6.07 Å². The van der Waals surface area contributed by atoms with E-state index >= 15 is 0 Å². The van der Waals surface area contributed by atoms with E-state index in [2.05, 4.69) is 24.3 Å².